The highest BCUT2D eigenvalue weighted by Gasteiger charge is 2.25. The molecule has 0 spiro atoms. The molecular weight excluding hydrogens is 491 g/mol. The van der Waals surface area contributed by atoms with Gasteiger partial charge in [0.1, 0.15) is 13.2 Å². The average molecular weight is 552 g/mol. The van der Waals surface area contributed by atoms with E-state index in [0.29, 0.717) is 24.1 Å². The molecule has 0 aliphatic rings. The summed E-state index contributed by atoms with van der Waals surface area (Å²) in [6.45, 7) is 5.83. The van der Waals surface area contributed by atoms with E-state index in [-0.39, 0.29) is 25.7 Å². The van der Waals surface area contributed by atoms with Crippen molar-refractivity contribution in [3.05, 3.63) is 0 Å². The largest absolute Gasteiger partial charge is 0.472 e. The van der Waals surface area contributed by atoms with Gasteiger partial charge in [-0.2, -0.15) is 0 Å². The lowest BCUT2D eigenvalue weighted by Crippen LogP contribution is -2.37. The van der Waals surface area contributed by atoms with Crippen LogP contribution in [-0.2, 0) is 23.1 Å². The first kappa shape index (κ1) is 36.5. The molecule has 37 heavy (non-hydrogen) atoms. The fraction of sp³-hybridized carbons (Fsp3) is 0.964. The van der Waals surface area contributed by atoms with E-state index in [9.17, 15) is 14.3 Å². The molecule has 0 aromatic carbocycles. The number of likely N-dealkylation sites (N-methyl/N-ethyl adjacent to an activating group) is 1. The standard InChI is InChI=1S/C28H59N2O6P/c1-6-8-10-12-14-16-18-20-23-34-27(26-36-37(32,33)35-24-22-30(3,4)5)25-29-28(31)21-19-17-15-13-11-9-7-2/h27H,6-26H2,1-5H3,(H-,29,31,32,33)/p+1. The van der Waals surface area contributed by atoms with E-state index in [4.69, 9.17) is 13.8 Å². The lowest BCUT2D eigenvalue weighted by Gasteiger charge is -2.24. The molecule has 2 atom stereocenters. The van der Waals surface area contributed by atoms with E-state index in [1.807, 2.05) is 21.1 Å². The van der Waals surface area contributed by atoms with E-state index in [0.717, 1.165) is 25.7 Å². The smallest absolute Gasteiger partial charge is 0.374 e. The number of amides is 1. The molecule has 0 aromatic rings. The molecule has 9 heteroatoms. The van der Waals surface area contributed by atoms with Crippen molar-refractivity contribution in [3.63, 3.8) is 0 Å². The minimum Gasteiger partial charge on any atom is -0.374 e. The lowest BCUT2D eigenvalue weighted by atomic mass is 10.1. The second-order valence-corrected chi connectivity index (χ2v) is 12.7. The molecule has 222 valence electrons. The first-order chi connectivity index (χ1) is 17.6. The number of ether oxygens (including phenoxy) is 1. The monoisotopic (exact) mass is 551 g/mol. The van der Waals surface area contributed by atoms with Crippen LogP contribution in [-0.4, -0.2) is 75.4 Å². The fourth-order valence-corrected chi connectivity index (χ4v) is 4.60. The number of phosphoric acid groups is 1. The molecule has 0 saturated heterocycles. The number of hydrogen-bond acceptors (Lipinski definition) is 5. The highest BCUT2D eigenvalue weighted by molar-refractivity contribution is 7.47. The Hall–Kier alpha value is -0.500. The van der Waals surface area contributed by atoms with E-state index in [1.165, 1.54) is 70.6 Å². The van der Waals surface area contributed by atoms with Crippen molar-refractivity contribution in [1.82, 2.24) is 5.32 Å². The van der Waals surface area contributed by atoms with Gasteiger partial charge in [0.05, 0.1) is 33.9 Å². The summed E-state index contributed by atoms with van der Waals surface area (Å²) in [4.78, 5) is 22.4. The summed E-state index contributed by atoms with van der Waals surface area (Å²) in [5.41, 5.74) is 0. The Bertz CT molecular complexity index is 586. The van der Waals surface area contributed by atoms with Gasteiger partial charge in [-0.15, -0.1) is 0 Å². The minimum atomic E-state index is -4.18. The molecule has 0 aromatic heterocycles. The molecule has 0 rings (SSSR count). The zero-order valence-electron chi connectivity index (χ0n) is 24.8. The van der Waals surface area contributed by atoms with Gasteiger partial charge >= 0.3 is 7.82 Å². The fourth-order valence-electron chi connectivity index (χ4n) is 3.86. The molecule has 2 N–H and O–H groups in total. The van der Waals surface area contributed by atoms with Crippen LogP contribution in [0.15, 0.2) is 0 Å². The molecule has 0 bridgehead atoms. The van der Waals surface area contributed by atoms with Gasteiger partial charge in [0.2, 0.25) is 5.91 Å². The Balaban J connectivity index is 4.39. The lowest BCUT2D eigenvalue weighted by molar-refractivity contribution is -0.870. The average Bonchev–Trinajstić information content (AvgIpc) is 2.82. The first-order valence-electron chi connectivity index (χ1n) is 14.9. The predicted octanol–water partition coefficient (Wildman–Crippen LogP) is 6.61. The summed E-state index contributed by atoms with van der Waals surface area (Å²) in [5.74, 6) is -0.0133. The molecule has 2 unspecified atom stereocenters. The molecule has 0 heterocycles. The predicted molar refractivity (Wildman–Crippen MR) is 153 cm³/mol. The third-order valence-electron chi connectivity index (χ3n) is 6.33. The van der Waals surface area contributed by atoms with Gasteiger partial charge in [0, 0.05) is 19.6 Å². The maximum atomic E-state index is 12.3. The van der Waals surface area contributed by atoms with Gasteiger partial charge in [0.15, 0.2) is 0 Å². The Morgan fingerprint density at radius 2 is 1.30 bits per heavy atom. The summed E-state index contributed by atoms with van der Waals surface area (Å²) >= 11 is 0. The van der Waals surface area contributed by atoms with Crippen molar-refractivity contribution >= 4 is 13.7 Å². The molecule has 0 radical (unpaired) electrons. The molecule has 0 aliphatic heterocycles. The summed E-state index contributed by atoms with van der Waals surface area (Å²) in [6.07, 6.45) is 17.8. The molecular formula is C28H60N2O6P+. The summed E-state index contributed by atoms with van der Waals surface area (Å²) < 4.78 is 29.2. The number of carbonyl (C=O) groups is 1. The normalized spacial score (nSPS) is 14.4. The Morgan fingerprint density at radius 3 is 1.84 bits per heavy atom. The number of rotatable bonds is 27. The highest BCUT2D eigenvalue weighted by atomic mass is 31.2. The maximum Gasteiger partial charge on any atom is 0.472 e. The maximum absolute atomic E-state index is 12.3. The van der Waals surface area contributed by atoms with Crippen LogP contribution in [0.25, 0.3) is 0 Å². The molecule has 0 saturated carbocycles. The number of unbranched alkanes of at least 4 members (excludes halogenated alkanes) is 13. The van der Waals surface area contributed by atoms with Crippen molar-refractivity contribution in [1.29, 1.82) is 0 Å². The van der Waals surface area contributed by atoms with Crippen LogP contribution < -0.4 is 5.32 Å². The van der Waals surface area contributed by atoms with Crippen LogP contribution in [0.3, 0.4) is 0 Å². The molecule has 8 nitrogen and oxygen atoms in total. The number of hydrogen-bond donors (Lipinski definition) is 2. The quantitative estimate of drug-likeness (QED) is 0.0678. The van der Waals surface area contributed by atoms with Crippen molar-refractivity contribution in [2.24, 2.45) is 0 Å². The number of carbonyl (C=O) groups excluding carboxylic acids is 1. The number of phosphoric ester groups is 1. The van der Waals surface area contributed by atoms with Crippen molar-refractivity contribution < 1.29 is 32.5 Å². The van der Waals surface area contributed by atoms with Gasteiger partial charge in [-0.25, -0.2) is 4.57 Å². The zero-order chi connectivity index (χ0) is 27.8. The van der Waals surface area contributed by atoms with Crippen LogP contribution in [0.2, 0.25) is 0 Å². The van der Waals surface area contributed by atoms with Gasteiger partial charge < -0.3 is 19.4 Å². The first-order valence-corrected chi connectivity index (χ1v) is 16.4. The van der Waals surface area contributed by atoms with Gasteiger partial charge in [-0.1, -0.05) is 97.3 Å². The van der Waals surface area contributed by atoms with Crippen LogP contribution in [0.1, 0.15) is 117 Å². The van der Waals surface area contributed by atoms with Crippen molar-refractivity contribution in [2.45, 2.75) is 123 Å². The molecule has 1 amide bonds. The van der Waals surface area contributed by atoms with E-state index in [1.54, 1.807) is 0 Å². The van der Waals surface area contributed by atoms with Gasteiger partial charge in [0.25, 0.3) is 0 Å². The Morgan fingerprint density at radius 1 is 0.784 bits per heavy atom. The molecule has 0 aliphatic carbocycles. The molecule has 0 fully saturated rings. The van der Waals surface area contributed by atoms with Gasteiger partial charge in [-0.05, 0) is 12.8 Å². The summed E-state index contributed by atoms with van der Waals surface area (Å²) in [5, 5.41) is 2.92. The summed E-state index contributed by atoms with van der Waals surface area (Å²) in [6, 6.07) is 0. The third kappa shape index (κ3) is 26.9. The Labute approximate surface area is 228 Å². The van der Waals surface area contributed by atoms with Crippen LogP contribution in [0, 0.1) is 0 Å². The van der Waals surface area contributed by atoms with E-state index < -0.39 is 13.9 Å². The third-order valence-corrected chi connectivity index (χ3v) is 7.31. The number of nitrogens with one attached hydrogen (secondary N) is 1. The van der Waals surface area contributed by atoms with E-state index in [2.05, 4.69) is 19.2 Å². The van der Waals surface area contributed by atoms with Crippen LogP contribution >= 0.6 is 7.82 Å². The summed E-state index contributed by atoms with van der Waals surface area (Å²) in [7, 11) is 1.77. The van der Waals surface area contributed by atoms with Crippen LogP contribution in [0.5, 0.6) is 0 Å². The zero-order valence-corrected chi connectivity index (χ0v) is 25.7. The number of quaternary nitrogens is 1. The SMILES string of the molecule is CCCCCCCCCCOC(CNC(=O)CCCCCCCCC)COP(=O)(O)OCC[N+](C)(C)C. The topological polar surface area (TPSA) is 94.1 Å². The van der Waals surface area contributed by atoms with E-state index >= 15 is 0 Å². The second kappa shape index (κ2) is 23.4. The minimum absolute atomic E-state index is 0.0133. The van der Waals surface area contributed by atoms with Gasteiger partial charge in [-0.3, -0.25) is 13.8 Å². The second-order valence-electron chi connectivity index (χ2n) is 11.3. The van der Waals surface area contributed by atoms with Crippen LogP contribution in [0.4, 0.5) is 0 Å². The number of nitrogens with zero attached hydrogens (tertiary/aromatic N) is 1. The van der Waals surface area contributed by atoms with Crippen molar-refractivity contribution in [2.75, 3.05) is 54.1 Å². The highest BCUT2D eigenvalue weighted by Crippen LogP contribution is 2.43. The Kier molecular flexibility index (Phi) is 23.1. The van der Waals surface area contributed by atoms with Crippen molar-refractivity contribution in [3.8, 4) is 0 Å².